The molecule has 5 heteroatoms. The van der Waals surface area contributed by atoms with E-state index in [1.165, 1.54) is 11.3 Å². The highest BCUT2D eigenvalue weighted by Crippen LogP contribution is 2.22. The van der Waals surface area contributed by atoms with Crippen LogP contribution in [-0.4, -0.2) is 14.0 Å². The second kappa shape index (κ2) is 5.14. The molecule has 0 amide bonds. The first kappa shape index (κ1) is 13.4. The smallest absolute Gasteiger partial charge is 0.350 e. The van der Waals surface area contributed by atoms with Gasteiger partial charge in [-0.15, -0.1) is 16.9 Å². The molecule has 0 saturated carbocycles. The van der Waals surface area contributed by atoms with Gasteiger partial charge in [0, 0.05) is 0 Å². The van der Waals surface area contributed by atoms with E-state index in [0.29, 0.717) is 4.88 Å². The Balaban J connectivity index is 3.02. The van der Waals surface area contributed by atoms with E-state index in [4.69, 9.17) is 0 Å². The first-order valence-electron chi connectivity index (χ1n) is 4.88. The molecular weight excluding hydrogens is 255 g/mol. The summed E-state index contributed by atoms with van der Waals surface area (Å²) in [5.74, 6) is 2.85. The molecule has 1 aromatic rings. The van der Waals surface area contributed by atoms with Crippen LogP contribution < -0.4 is 0 Å². The van der Waals surface area contributed by atoms with Crippen molar-refractivity contribution in [1.29, 1.82) is 0 Å². The van der Waals surface area contributed by atoms with Gasteiger partial charge in [0.1, 0.15) is 13.0 Å². The van der Waals surface area contributed by atoms with Crippen molar-refractivity contribution in [3.63, 3.8) is 0 Å². The first-order chi connectivity index (χ1) is 7.33. The van der Waals surface area contributed by atoms with Crippen molar-refractivity contribution >= 4 is 34.8 Å². The Morgan fingerprint density at radius 3 is 2.62 bits per heavy atom. The third kappa shape index (κ3) is 3.75. The van der Waals surface area contributed by atoms with E-state index in [2.05, 4.69) is 35.6 Å². The predicted octanol–water partition coefficient (Wildman–Crippen LogP) is 3.23. The van der Waals surface area contributed by atoms with E-state index >= 15 is 0 Å². The zero-order chi connectivity index (χ0) is 12.3. The Hall–Kier alpha value is -0.623. The van der Waals surface area contributed by atoms with Crippen molar-refractivity contribution in [2.24, 2.45) is 0 Å². The Bertz CT molecular complexity index is 463. The number of aryl methyl sites for hydroxylation is 1. The first-order valence-corrected chi connectivity index (χ1v) is 9.67. The zero-order valence-corrected chi connectivity index (χ0v) is 12.9. The summed E-state index contributed by atoms with van der Waals surface area (Å²) < 4.78 is 4.60. The normalized spacial score (nSPS) is 10.6. The van der Waals surface area contributed by atoms with E-state index in [1.54, 1.807) is 0 Å². The molecule has 1 aromatic heterocycles. The van der Waals surface area contributed by atoms with E-state index in [1.807, 2.05) is 22.5 Å². The lowest BCUT2D eigenvalue weighted by Crippen LogP contribution is -2.16. The van der Waals surface area contributed by atoms with Crippen LogP contribution in [-0.2, 0) is 4.52 Å². The summed E-state index contributed by atoms with van der Waals surface area (Å²) >= 11 is 1.39. The SMILES string of the molecule is Cc1cc(C(=O)OP)sc1C#C[Si](C)(C)C. The summed E-state index contributed by atoms with van der Waals surface area (Å²) in [4.78, 5) is 12.9. The molecule has 0 N–H and O–H groups in total. The molecule has 0 fully saturated rings. The van der Waals surface area contributed by atoms with Crippen LogP contribution in [0.2, 0.25) is 19.6 Å². The van der Waals surface area contributed by atoms with Crippen molar-refractivity contribution in [2.45, 2.75) is 26.6 Å². The van der Waals surface area contributed by atoms with Gasteiger partial charge in [0.15, 0.2) is 0 Å². The molecule has 0 radical (unpaired) electrons. The van der Waals surface area contributed by atoms with Gasteiger partial charge in [-0.2, -0.15) is 0 Å². The molecular formula is C11H15O2PSSi. The molecule has 1 heterocycles. The van der Waals surface area contributed by atoms with Crippen LogP contribution in [0.25, 0.3) is 0 Å². The zero-order valence-electron chi connectivity index (χ0n) is 9.88. The molecule has 0 aliphatic heterocycles. The standard InChI is InChI=1S/C11H15O2PSSi/c1-8-7-10(11(12)13-14)15-9(8)5-6-16(2,3)4/h7H,14H2,1-4H3. The largest absolute Gasteiger partial charge is 0.447 e. The van der Waals surface area contributed by atoms with Crippen LogP contribution in [0.15, 0.2) is 6.07 Å². The highest BCUT2D eigenvalue weighted by Gasteiger charge is 2.12. The fourth-order valence-electron chi connectivity index (χ4n) is 1.01. The van der Waals surface area contributed by atoms with Gasteiger partial charge in [0.05, 0.1) is 14.3 Å². The van der Waals surface area contributed by atoms with Gasteiger partial charge < -0.3 is 4.52 Å². The maximum absolute atomic E-state index is 11.3. The molecule has 0 bridgehead atoms. The van der Waals surface area contributed by atoms with Gasteiger partial charge in [-0.3, -0.25) is 0 Å². The van der Waals surface area contributed by atoms with Crippen molar-refractivity contribution in [1.82, 2.24) is 0 Å². The molecule has 0 aromatic carbocycles. The molecule has 1 atom stereocenters. The number of thiophene rings is 1. The third-order valence-electron chi connectivity index (χ3n) is 1.78. The van der Waals surface area contributed by atoms with Crippen LogP contribution in [0.3, 0.4) is 0 Å². The van der Waals surface area contributed by atoms with Crippen molar-refractivity contribution in [3.8, 4) is 11.5 Å². The Morgan fingerprint density at radius 1 is 1.50 bits per heavy atom. The third-order valence-corrected chi connectivity index (χ3v) is 4.00. The fourth-order valence-corrected chi connectivity index (χ4v) is 2.72. The molecule has 0 aliphatic carbocycles. The van der Waals surface area contributed by atoms with Crippen LogP contribution in [0, 0.1) is 18.4 Å². The van der Waals surface area contributed by atoms with Crippen LogP contribution in [0.5, 0.6) is 0 Å². The second-order valence-corrected chi connectivity index (χ2v) is 10.6. The minimum absolute atomic E-state index is 0.320. The van der Waals surface area contributed by atoms with Crippen molar-refractivity contribution in [3.05, 3.63) is 21.4 Å². The number of hydrogen-bond acceptors (Lipinski definition) is 3. The van der Waals surface area contributed by atoms with Gasteiger partial charge in [-0.05, 0) is 18.6 Å². The monoisotopic (exact) mass is 270 g/mol. The Kier molecular flexibility index (Phi) is 4.32. The van der Waals surface area contributed by atoms with Gasteiger partial charge in [-0.25, -0.2) is 4.79 Å². The number of rotatable bonds is 1. The average molecular weight is 270 g/mol. The van der Waals surface area contributed by atoms with Crippen LogP contribution >= 0.6 is 20.8 Å². The van der Waals surface area contributed by atoms with E-state index < -0.39 is 8.07 Å². The average Bonchev–Trinajstić information content (AvgIpc) is 2.54. The summed E-state index contributed by atoms with van der Waals surface area (Å²) in [6.45, 7) is 8.55. The molecule has 16 heavy (non-hydrogen) atoms. The van der Waals surface area contributed by atoms with Gasteiger partial charge in [-0.1, -0.05) is 25.6 Å². The molecule has 1 rings (SSSR count). The summed E-state index contributed by atoms with van der Waals surface area (Å²) in [7, 11) is 0.603. The van der Waals surface area contributed by atoms with E-state index in [9.17, 15) is 4.79 Å². The maximum Gasteiger partial charge on any atom is 0.350 e. The molecule has 0 aliphatic rings. The quantitative estimate of drug-likeness (QED) is 0.445. The van der Waals surface area contributed by atoms with E-state index in [-0.39, 0.29) is 5.97 Å². The lowest BCUT2D eigenvalue weighted by Gasteiger charge is -2.02. The maximum atomic E-state index is 11.3. The molecule has 0 spiro atoms. The number of carbonyl (C=O) groups is 1. The highest BCUT2D eigenvalue weighted by molar-refractivity contribution is 7.15. The fraction of sp³-hybridized carbons (Fsp3) is 0.364. The summed E-state index contributed by atoms with van der Waals surface area (Å²) in [5.41, 5.74) is 4.33. The Morgan fingerprint density at radius 2 is 2.12 bits per heavy atom. The topological polar surface area (TPSA) is 26.3 Å². The number of hydrogen-bond donors (Lipinski definition) is 0. The molecule has 86 valence electrons. The Labute approximate surface area is 104 Å². The highest BCUT2D eigenvalue weighted by atomic mass is 32.1. The molecule has 0 saturated heterocycles. The minimum Gasteiger partial charge on any atom is -0.447 e. The predicted molar refractivity (Wildman–Crippen MR) is 74.4 cm³/mol. The number of carbonyl (C=O) groups excluding carboxylic acids is 1. The minimum atomic E-state index is -1.36. The van der Waals surface area contributed by atoms with E-state index in [0.717, 1.165) is 10.4 Å². The second-order valence-electron chi connectivity index (χ2n) is 4.53. The van der Waals surface area contributed by atoms with Gasteiger partial charge >= 0.3 is 5.97 Å². The van der Waals surface area contributed by atoms with Crippen LogP contribution in [0.4, 0.5) is 0 Å². The summed E-state index contributed by atoms with van der Waals surface area (Å²) in [6, 6.07) is 1.82. The molecule has 1 unspecified atom stereocenters. The summed E-state index contributed by atoms with van der Waals surface area (Å²) in [5, 5.41) is 0. The van der Waals surface area contributed by atoms with Gasteiger partial charge in [0.2, 0.25) is 0 Å². The van der Waals surface area contributed by atoms with Crippen molar-refractivity contribution in [2.75, 3.05) is 0 Å². The van der Waals surface area contributed by atoms with Gasteiger partial charge in [0.25, 0.3) is 0 Å². The summed E-state index contributed by atoms with van der Waals surface area (Å²) in [6.07, 6.45) is 0. The van der Waals surface area contributed by atoms with Crippen molar-refractivity contribution < 1.29 is 9.32 Å². The lowest BCUT2D eigenvalue weighted by atomic mass is 10.3. The molecule has 2 nitrogen and oxygen atoms in total. The van der Waals surface area contributed by atoms with Crippen LogP contribution in [0.1, 0.15) is 20.1 Å². The lowest BCUT2D eigenvalue weighted by molar-refractivity contribution is 0.0770.